The number of oxazole rings is 1. The van der Waals surface area contributed by atoms with Crippen LogP contribution in [0.15, 0.2) is 46.9 Å². The maximum absolute atomic E-state index is 12.3. The summed E-state index contributed by atoms with van der Waals surface area (Å²) in [4.78, 5) is 27.6. The molecule has 1 heterocycles. The van der Waals surface area contributed by atoms with E-state index < -0.39 is 11.9 Å². The number of nitrogens with one attached hydrogen (secondary N) is 2. The molecule has 0 saturated heterocycles. The Bertz CT molecular complexity index is 931. The molecular formula is C18H18N4O3. The second-order valence-electron chi connectivity index (χ2n) is 5.71. The molecule has 7 nitrogen and oxygen atoms in total. The van der Waals surface area contributed by atoms with Gasteiger partial charge in [-0.05, 0) is 49.4 Å². The molecule has 25 heavy (non-hydrogen) atoms. The van der Waals surface area contributed by atoms with E-state index in [1.165, 1.54) is 0 Å². The molecule has 2 aromatic carbocycles. The number of fused-ring (bicyclic) bond motifs is 1. The van der Waals surface area contributed by atoms with Gasteiger partial charge in [0.15, 0.2) is 11.5 Å². The Hall–Kier alpha value is -3.35. The number of carbonyl (C=O) groups excluding carboxylic acids is 2. The summed E-state index contributed by atoms with van der Waals surface area (Å²) in [7, 11) is 0. The summed E-state index contributed by atoms with van der Waals surface area (Å²) in [6, 6.07) is 11.4. The molecule has 0 aliphatic heterocycles. The van der Waals surface area contributed by atoms with E-state index in [9.17, 15) is 9.59 Å². The predicted molar refractivity (Wildman–Crippen MR) is 95.4 cm³/mol. The fourth-order valence-corrected chi connectivity index (χ4v) is 2.42. The Kier molecular flexibility index (Phi) is 4.38. The average molecular weight is 338 g/mol. The van der Waals surface area contributed by atoms with Crippen molar-refractivity contribution < 1.29 is 14.0 Å². The van der Waals surface area contributed by atoms with Crippen LogP contribution in [0, 0.1) is 6.92 Å². The number of aryl methyl sites for hydroxylation is 1. The van der Waals surface area contributed by atoms with Crippen molar-refractivity contribution in [2.45, 2.75) is 19.9 Å². The minimum atomic E-state index is -0.508. The molecule has 0 aliphatic carbocycles. The highest BCUT2D eigenvalue weighted by atomic mass is 16.3. The number of nitrogens with zero attached hydrogens (tertiary/aromatic N) is 1. The zero-order valence-electron chi connectivity index (χ0n) is 13.9. The molecule has 0 radical (unpaired) electrons. The van der Waals surface area contributed by atoms with E-state index in [1.54, 1.807) is 38.1 Å². The SMILES string of the molecule is Cc1nc2cc(NC(C)C(=O)Nc3ccc(C(N)=O)cc3)ccc2o1. The van der Waals surface area contributed by atoms with Crippen LogP contribution in [0.2, 0.25) is 0 Å². The van der Waals surface area contributed by atoms with Crippen molar-refractivity contribution in [1.29, 1.82) is 0 Å². The second kappa shape index (κ2) is 6.64. The molecule has 0 spiro atoms. The van der Waals surface area contributed by atoms with Crippen LogP contribution in [0.25, 0.3) is 11.1 Å². The van der Waals surface area contributed by atoms with Crippen molar-refractivity contribution >= 4 is 34.3 Å². The summed E-state index contributed by atoms with van der Waals surface area (Å²) in [5, 5.41) is 5.91. The van der Waals surface area contributed by atoms with Crippen molar-refractivity contribution in [2.24, 2.45) is 5.73 Å². The van der Waals surface area contributed by atoms with Crippen molar-refractivity contribution in [3.05, 3.63) is 53.9 Å². The normalized spacial score (nSPS) is 11.9. The topological polar surface area (TPSA) is 110 Å². The molecule has 3 rings (SSSR count). The monoisotopic (exact) mass is 338 g/mol. The number of primary amides is 1. The van der Waals surface area contributed by atoms with Gasteiger partial charge in [0.25, 0.3) is 0 Å². The summed E-state index contributed by atoms with van der Waals surface area (Å²) in [5.41, 5.74) is 8.38. The minimum Gasteiger partial charge on any atom is -0.441 e. The third-order valence-corrected chi connectivity index (χ3v) is 3.71. The molecular weight excluding hydrogens is 320 g/mol. The van der Waals surface area contributed by atoms with Gasteiger partial charge in [0.1, 0.15) is 11.6 Å². The van der Waals surface area contributed by atoms with E-state index in [0.29, 0.717) is 22.7 Å². The van der Waals surface area contributed by atoms with Crippen LogP contribution in [0.4, 0.5) is 11.4 Å². The third kappa shape index (κ3) is 3.77. The van der Waals surface area contributed by atoms with Crippen LogP contribution in [-0.4, -0.2) is 22.8 Å². The number of amides is 2. The standard InChI is InChI=1S/C18H18N4O3/c1-10(18(24)22-13-5-3-12(4-6-13)17(19)23)20-14-7-8-16-15(9-14)21-11(2)25-16/h3-10,20H,1-2H3,(H2,19,23)(H,22,24). The van der Waals surface area contributed by atoms with E-state index >= 15 is 0 Å². The van der Waals surface area contributed by atoms with Crippen LogP contribution >= 0.6 is 0 Å². The Balaban J connectivity index is 1.65. The smallest absolute Gasteiger partial charge is 0.248 e. The first kappa shape index (κ1) is 16.5. The van der Waals surface area contributed by atoms with Crippen LogP contribution in [0.1, 0.15) is 23.2 Å². The molecule has 0 aliphatic rings. The molecule has 128 valence electrons. The highest BCUT2D eigenvalue weighted by Crippen LogP contribution is 2.20. The van der Waals surface area contributed by atoms with E-state index in [4.69, 9.17) is 10.2 Å². The quantitative estimate of drug-likeness (QED) is 0.662. The number of carbonyl (C=O) groups is 2. The van der Waals surface area contributed by atoms with Gasteiger partial charge in [-0.25, -0.2) is 4.98 Å². The zero-order chi connectivity index (χ0) is 18.0. The number of nitrogens with two attached hydrogens (primary N) is 1. The first-order chi connectivity index (χ1) is 11.9. The lowest BCUT2D eigenvalue weighted by Crippen LogP contribution is -2.31. The van der Waals surface area contributed by atoms with Gasteiger partial charge >= 0.3 is 0 Å². The lowest BCUT2D eigenvalue weighted by molar-refractivity contribution is -0.116. The van der Waals surface area contributed by atoms with Crippen LogP contribution in [0.3, 0.4) is 0 Å². The summed E-state index contributed by atoms with van der Waals surface area (Å²) in [6.45, 7) is 3.54. The Labute approximate surface area is 144 Å². The Morgan fingerprint density at radius 1 is 1.12 bits per heavy atom. The molecule has 1 unspecified atom stereocenters. The largest absolute Gasteiger partial charge is 0.441 e. The molecule has 2 amide bonds. The van der Waals surface area contributed by atoms with Crippen molar-refractivity contribution in [3.63, 3.8) is 0 Å². The number of hydrogen-bond acceptors (Lipinski definition) is 5. The van der Waals surface area contributed by atoms with Gasteiger partial charge in [-0.3, -0.25) is 9.59 Å². The van der Waals surface area contributed by atoms with E-state index in [0.717, 1.165) is 11.2 Å². The molecule has 4 N–H and O–H groups in total. The second-order valence-corrected chi connectivity index (χ2v) is 5.71. The summed E-state index contributed by atoms with van der Waals surface area (Å²) >= 11 is 0. The van der Waals surface area contributed by atoms with Gasteiger partial charge < -0.3 is 20.8 Å². The average Bonchev–Trinajstić information content (AvgIpc) is 2.94. The van der Waals surface area contributed by atoms with Crippen LogP contribution in [-0.2, 0) is 4.79 Å². The van der Waals surface area contributed by atoms with Crippen molar-refractivity contribution in [1.82, 2.24) is 4.98 Å². The number of aromatic nitrogens is 1. The van der Waals surface area contributed by atoms with Gasteiger partial charge in [0.05, 0.1) is 0 Å². The van der Waals surface area contributed by atoms with Crippen molar-refractivity contribution in [3.8, 4) is 0 Å². The van der Waals surface area contributed by atoms with Crippen LogP contribution < -0.4 is 16.4 Å². The maximum atomic E-state index is 12.3. The summed E-state index contributed by atoms with van der Waals surface area (Å²) in [6.07, 6.45) is 0. The Morgan fingerprint density at radius 2 is 1.80 bits per heavy atom. The molecule has 0 saturated carbocycles. The van der Waals surface area contributed by atoms with Crippen molar-refractivity contribution in [2.75, 3.05) is 10.6 Å². The van der Waals surface area contributed by atoms with Gasteiger partial charge in [0, 0.05) is 23.9 Å². The number of hydrogen-bond donors (Lipinski definition) is 3. The maximum Gasteiger partial charge on any atom is 0.248 e. The fourth-order valence-electron chi connectivity index (χ4n) is 2.42. The van der Waals surface area contributed by atoms with Gasteiger partial charge in [0.2, 0.25) is 11.8 Å². The van der Waals surface area contributed by atoms with Crippen LogP contribution in [0.5, 0.6) is 0 Å². The minimum absolute atomic E-state index is 0.205. The van der Waals surface area contributed by atoms with Gasteiger partial charge in [-0.1, -0.05) is 0 Å². The predicted octanol–water partition coefficient (Wildman–Crippen LogP) is 2.67. The molecule has 1 atom stereocenters. The molecule has 0 fully saturated rings. The van der Waals surface area contributed by atoms with E-state index in [1.807, 2.05) is 18.2 Å². The number of rotatable bonds is 5. The highest BCUT2D eigenvalue weighted by molar-refractivity contribution is 5.97. The molecule has 7 heteroatoms. The first-order valence-electron chi connectivity index (χ1n) is 7.77. The lowest BCUT2D eigenvalue weighted by atomic mass is 10.2. The van der Waals surface area contributed by atoms with Gasteiger partial charge in [-0.2, -0.15) is 0 Å². The lowest BCUT2D eigenvalue weighted by Gasteiger charge is -2.15. The van der Waals surface area contributed by atoms with Gasteiger partial charge in [-0.15, -0.1) is 0 Å². The number of anilines is 2. The molecule has 0 bridgehead atoms. The third-order valence-electron chi connectivity index (χ3n) is 3.71. The van der Waals surface area contributed by atoms with E-state index in [2.05, 4.69) is 15.6 Å². The Morgan fingerprint density at radius 3 is 2.48 bits per heavy atom. The number of benzene rings is 2. The summed E-state index contributed by atoms with van der Waals surface area (Å²) in [5.74, 6) is -0.119. The zero-order valence-corrected chi connectivity index (χ0v) is 13.9. The highest BCUT2D eigenvalue weighted by Gasteiger charge is 2.14. The molecule has 1 aromatic heterocycles. The first-order valence-corrected chi connectivity index (χ1v) is 7.77. The summed E-state index contributed by atoms with van der Waals surface area (Å²) < 4.78 is 5.43. The molecule has 3 aromatic rings. The van der Waals surface area contributed by atoms with E-state index in [-0.39, 0.29) is 5.91 Å². The fraction of sp³-hybridized carbons (Fsp3) is 0.167.